The van der Waals surface area contributed by atoms with Crippen LogP contribution >= 0.6 is 0 Å². The van der Waals surface area contributed by atoms with E-state index in [0.29, 0.717) is 5.92 Å². The zero-order valence-electron chi connectivity index (χ0n) is 42.4. The molecule has 1 fully saturated rings. The average Bonchev–Trinajstić information content (AvgIpc) is 3.30. The highest BCUT2D eigenvalue weighted by atomic mass is 15.2. The van der Waals surface area contributed by atoms with E-state index in [2.05, 4.69) is 152 Å². The number of unbranched alkanes of at least 4 members (excludes halogenated alkanes) is 5. The zero-order valence-corrected chi connectivity index (χ0v) is 42.4. The second-order valence-corrected chi connectivity index (χ2v) is 18.8. The van der Waals surface area contributed by atoms with Crippen molar-refractivity contribution in [1.82, 2.24) is 4.90 Å². The summed E-state index contributed by atoms with van der Waals surface area (Å²) in [7, 11) is 0. The molecule has 352 valence electrons. The lowest BCUT2D eigenvalue weighted by Crippen LogP contribution is -2.32. The monoisotopic (exact) mass is 866 g/mol. The van der Waals surface area contributed by atoms with E-state index >= 15 is 0 Å². The Labute approximate surface area is 397 Å². The van der Waals surface area contributed by atoms with E-state index in [1.807, 2.05) is 18.2 Å². The third-order valence-corrected chi connectivity index (χ3v) is 13.7. The van der Waals surface area contributed by atoms with Crippen LogP contribution in [0, 0.1) is 17.8 Å². The lowest BCUT2D eigenvalue weighted by atomic mass is 9.74. The van der Waals surface area contributed by atoms with Gasteiger partial charge in [0.2, 0.25) is 0 Å². The molecule has 0 aromatic rings. The van der Waals surface area contributed by atoms with Crippen molar-refractivity contribution in [2.45, 2.75) is 189 Å². The molecule has 1 heteroatoms. The van der Waals surface area contributed by atoms with Gasteiger partial charge in [0, 0.05) is 18.3 Å². The Morgan fingerprint density at radius 3 is 2.28 bits per heavy atom. The molecule has 0 spiro atoms. The molecule has 3 unspecified atom stereocenters. The first-order valence-corrected chi connectivity index (χ1v) is 25.9. The Morgan fingerprint density at radius 2 is 1.56 bits per heavy atom. The third kappa shape index (κ3) is 21.7. The third-order valence-electron chi connectivity index (χ3n) is 13.7. The first kappa shape index (κ1) is 56.0. The first-order valence-electron chi connectivity index (χ1n) is 25.9. The standard InChI is InChI=1S/C63H95N/c1-13-19-23-25-27-35-51(7)52(8)43-44-55(11)64(49-31-30-38-57(18-6)62-48-47-59-39-28-29-40-61(59)50-62)56(12)45-46-58(53(9)36-26-24-20-14-2)41-32-42-60(37-22-16-4)63(33-17-5)54(10)34-21-15-3/h14-15,17,19,21,23,32-34,41-42,45-48,54,56-57,61H,2-3,5,7-8,11,13,16,18,20,22,24-31,35-40,43-44,49-50H2,1,4,6,9-10,12H3/b23-19-,34-21-,41-32+,46-45-,58-53-,60-42+,63-33+/t54-,56?,57?,61?/m0/s1. The Kier molecular flexibility index (Phi) is 30.0. The van der Waals surface area contributed by atoms with Gasteiger partial charge in [-0.1, -0.05) is 199 Å². The van der Waals surface area contributed by atoms with Crippen molar-refractivity contribution >= 4 is 0 Å². The Bertz CT molecular complexity index is 1730. The number of rotatable bonds is 35. The lowest BCUT2D eigenvalue weighted by Gasteiger charge is -2.33. The average molecular weight is 866 g/mol. The molecule has 0 aliphatic heterocycles. The predicted octanol–water partition coefficient (Wildman–Crippen LogP) is 19.6. The van der Waals surface area contributed by atoms with Crippen LogP contribution in [0.1, 0.15) is 183 Å². The zero-order chi connectivity index (χ0) is 47.0. The maximum absolute atomic E-state index is 4.76. The van der Waals surface area contributed by atoms with E-state index in [1.165, 1.54) is 103 Å². The highest BCUT2D eigenvalue weighted by Gasteiger charge is 2.25. The summed E-state index contributed by atoms with van der Waals surface area (Å²) in [4.78, 5) is 2.59. The summed E-state index contributed by atoms with van der Waals surface area (Å²) < 4.78 is 0. The van der Waals surface area contributed by atoms with Crippen molar-refractivity contribution in [1.29, 1.82) is 0 Å². The van der Waals surface area contributed by atoms with Gasteiger partial charge >= 0.3 is 0 Å². The van der Waals surface area contributed by atoms with Crippen molar-refractivity contribution in [3.63, 3.8) is 0 Å². The minimum Gasteiger partial charge on any atom is -0.369 e. The van der Waals surface area contributed by atoms with Gasteiger partial charge in [0.15, 0.2) is 0 Å². The fraction of sp³-hybridized carbons (Fsp3) is 0.524. The summed E-state index contributed by atoms with van der Waals surface area (Å²) in [5.41, 5.74) is 12.4. The molecular formula is C63H95N. The molecule has 1 nitrogen and oxygen atoms in total. The topological polar surface area (TPSA) is 3.24 Å². The van der Waals surface area contributed by atoms with Crippen molar-refractivity contribution in [3.8, 4) is 0 Å². The van der Waals surface area contributed by atoms with Crippen molar-refractivity contribution in [2.24, 2.45) is 17.8 Å². The smallest absolute Gasteiger partial charge is 0.0444 e. The highest BCUT2D eigenvalue weighted by molar-refractivity contribution is 5.43. The van der Waals surface area contributed by atoms with Gasteiger partial charge < -0.3 is 4.90 Å². The molecule has 2 aliphatic carbocycles. The minimum absolute atomic E-state index is 0.208. The molecule has 0 radical (unpaired) electrons. The first-order chi connectivity index (χ1) is 31.0. The fourth-order valence-corrected chi connectivity index (χ4v) is 9.41. The number of hydrogen-bond donors (Lipinski definition) is 0. The van der Waals surface area contributed by atoms with E-state index in [9.17, 15) is 0 Å². The van der Waals surface area contributed by atoms with E-state index in [4.69, 9.17) is 6.58 Å². The SMILES string of the molecule is C=C/C=C\[C@H](C)C(=C\C=C)/C(=C/C=C/C(/C=C\C(C)N(CCCCC(CC)C1=CC=C2CCCCC2C1)C(=C)CCC(=C)C(=C)CCC/C=C\CC)=C(\C)CCCCC=C)CCCC. The molecule has 4 atom stereocenters. The van der Waals surface area contributed by atoms with Crippen LogP contribution in [-0.2, 0) is 0 Å². The van der Waals surface area contributed by atoms with E-state index in [0.717, 1.165) is 89.5 Å². The van der Waals surface area contributed by atoms with Gasteiger partial charge in [0.25, 0.3) is 0 Å². The van der Waals surface area contributed by atoms with Crippen LogP contribution in [0.15, 0.2) is 181 Å². The molecule has 0 amide bonds. The number of fused-ring (bicyclic) bond motifs is 1. The van der Waals surface area contributed by atoms with Crippen LogP contribution < -0.4 is 0 Å². The van der Waals surface area contributed by atoms with Gasteiger partial charge in [-0.05, 0) is 170 Å². The molecule has 2 rings (SSSR count). The molecule has 0 saturated heterocycles. The normalized spacial score (nSPS) is 17.8. The molecule has 64 heavy (non-hydrogen) atoms. The van der Waals surface area contributed by atoms with Crippen LogP contribution in [0.2, 0.25) is 0 Å². The largest absolute Gasteiger partial charge is 0.369 e. The Hall–Kier alpha value is -4.10. The highest BCUT2D eigenvalue weighted by Crippen LogP contribution is 2.40. The van der Waals surface area contributed by atoms with Crippen molar-refractivity contribution in [3.05, 3.63) is 181 Å². The van der Waals surface area contributed by atoms with Gasteiger partial charge in [0.05, 0.1) is 0 Å². The molecular weight excluding hydrogens is 771 g/mol. The van der Waals surface area contributed by atoms with Gasteiger partial charge in [-0.3, -0.25) is 0 Å². The van der Waals surface area contributed by atoms with Gasteiger partial charge in [-0.2, -0.15) is 0 Å². The van der Waals surface area contributed by atoms with Gasteiger partial charge in [0.1, 0.15) is 0 Å². The van der Waals surface area contributed by atoms with E-state index in [-0.39, 0.29) is 12.0 Å². The maximum Gasteiger partial charge on any atom is 0.0444 e. The van der Waals surface area contributed by atoms with Crippen LogP contribution in [0.25, 0.3) is 0 Å². The number of nitrogens with zero attached hydrogens (tertiary/aromatic N) is 1. The van der Waals surface area contributed by atoms with Gasteiger partial charge in [-0.25, -0.2) is 0 Å². The Balaban J connectivity index is 2.39. The fourth-order valence-electron chi connectivity index (χ4n) is 9.41. The lowest BCUT2D eigenvalue weighted by molar-refractivity contribution is 0.286. The second kappa shape index (κ2) is 34.3. The Morgan fingerprint density at radius 1 is 0.766 bits per heavy atom. The van der Waals surface area contributed by atoms with Crippen molar-refractivity contribution < 1.29 is 0 Å². The summed E-state index contributed by atoms with van der Waals surface area (Å²) in [6.07, 6.45) is 59.4. The van der Waals surface area contributed by atoms with Crippen LogP contribution in [-0.4, -0.2) is 17.5 Å². The second-order valence-electron chi connectivity index (χ2n) is 18.8. The quantitative estimate of drug-likeness (QED) is 0.0349. The molecule has 2 aliphatic rings. The molecule has 0 N–H and O–H groups in total. The molecule has 0 bridgehead atoms. The van der Waals surface area contributed by atoms with Crippen LogP contribution in [0.4, 0.5) is 0 Å². The number of hydrogen-bond acceptors (Lipinski definition) is 1. The predicted molar refractivity (Wildman–Crippen MR) is 291 cm³/mol. The summed E-state index contributed by atoms with van der Waals surface area (Å²) >= 11 is 0. The summed E-state index contributed by atoms with van der Waals surface area (Å²) in [6, 6.07) is 0.208. The molecule has 0 heterocycles. The summed E-state index contributed by atoms with van der Waals surface area (Å²) in [5, 5.41) is 0. The molecule has 1 saturated carbocycles. The van der Waals surface area contributed by atoms with Crippen molar-refractivity contribution in [2.75, 3.05) is 6.54 Å². The van der Waals surface area contributed by atoms with Crippen LogP contribution in [0.3, 0.4) is 0 Å². The van der Waals surface area contributed by atoms with E-state index in [1.54, 1.807) is 11.1 Å². The minimum atomic E-state index is 0.208. The van der Waals surface area contributed by atoms with Crippen LogP contribution in [0.5, 0.6) is 0 Å². The summed E-state index contributed by atoms with van der Waals surface area (Å²) in [5.74, 6) is 1.78. The number of allylic oxidation sites excluding steroid dienone is 23. The van der Waals surface area contributed by atoms with E-state index < -0.39 is 0 Å². The maximum atomic E-state index is 4.76. The van der Waals surface area contributed by atoms with Gasteiger partial charge in [-0.15, -0.1) is 6.58 Å². The molecule has 0 aromatic heterocycles. The summed E-state index contributed by atoms with van der Waals surface area (Å²) in [6.45, 7) is 40.5. The molecule has 0 aromatic carbocycles.